The van der Waals surface area contributed by atoms with Gasteiger partial charge in [0.1, 0.15) is 0 Å². The fraction of sp³-hybridized carbons (Fsp3) is 0.429. The quantitative estimate of drug-likeness (QED) is 0.933. The standard InChI is InChI=1S/C14H16ClN3O/c1-9-6-11(15)3-2-10(9)7-12-17-13(19-18-12)14(8-16)4-5-14/h2-3,6H,4-5,7-8,16H2,1H3. The molecule has 19 heavy (non-hydrogen) atoms. The van der Waals surface area contributed by atoms with Gasteiger partial charge in [0.2, 0.25) is 5.89 Å². The van der Waals surface area contributed by atoms with Gasteiger partial charge in [-0.05, 0) is 43.0 Å². The molecule has 0 spiro atoms. The highest BCUT2D eigenvalue weighted by Crippen LogP contribution is 2.46. The van der Waals surface area contributed by atoms with E-state index in [1.165, 1.54) is 0 Å². The van der Waals surface area contributed by atoms with Crippen molar-refractivity contribution < 1.29 is 4.52 Å². The van der Waals surface area contributed by atoms with Crippen molar-refractivity contribution in [2.45, 2.75) is 31.6 Å². The van der Waals surface area contributed by atoms with E-state index in [0.717, 1.165) is 29.0 Å². The maximum Gasteiger partial charge on any atom is 0.234 e. The van der Waals surface area contributed by atoms with Crippen molar-refractivity contribution >= 4 is 11.6 Å². The molecule has 1 saturated carbocycles. The van der Waals surface area contributed by atoms with Gasteiger partial charge in [-0.25, -0.2) is 0 Å². The van der Waals surface area contributed by atoms with E-state index < -0.39 is 0 Å². The molecule has 0 atom stereocenters. The van der Waals surface area contributed by atoms with E-state index >= 15 is 0 Å². The van der Waals surface area contributed by atoms with Crippen LogP contribution < -0.4 is 5.73 Å². The largest absolute Gasteiger partial charge is 0.339 e. The van der Waals surface area contributed by atoms with Crippen LogP contribution in [0.25, 0.3) is 0 Å². The Morgan fingerprint density at radius 2 is 2.21 bits per heavy atom. The second-order valence-electron chi connectivity index (χ2n) is 5.25. The van der Waals surface area contributed by atoms with Crippen molar-refractivity contribution in [2.75, 3.05) is 6.54 Å². The second-order valence-corrected chi connectivity index (χ2v) is 5.68. The molecule has 0 unspecified atom stereocenters. The molecule has 1 heterocycles. The van der Waals surface area contributed by atoms with Gasteiger partial charge in [-0.3, -0.25) is 0 Å². The molecule has 5 heteroatoms. The van der Waals surface area contributed by atoms with Crippen molar-refractivity contribution in [2.24, 2.45) is 5.73 Å². The number of halogens is 1. The third-order valence-corrected chi connectivity index (χ3v) is 4.05. The molecule has 0 bridgehead atoms. The highest BCUT2D eigenvalue weighted by molar-refractivity contribution is 6.30. The number of hydrogen-bond acceptors (Lipinski definition) is 4. The summed E-state index contributed by atoms with van der Waals surface area (Å²) in [4.78, 5) is 4.48. The summed E-state index contributed by atoms with van der Waals surface area (Å²) in [6.45, 7) is 2.61. The van der Waals surface area contributed by atoms with Crippen molar-refractivity contribution in [1.29, 1.82) is 0 Å². The first kappa shape index (κ1) is 12.6. The first-order chi connectivity index (χ1) is 9.13. The summed E-state index contributed by atoms with van der Waals surface area (Å²) in [5.41, 5.74) is 8.02. The Kier molecular flexibility index (Phi) is 3.07. The van der Waals surface area contributed by atoms with Crippen LogP contribution in [0.4, 0.5) is 0 Å². The lowest BCUT2D eigenvalue weighted by Gasteiger charge is -2.04. The summed E-state index contributed by atoms with van der Waals surface area (Å²) in [6, 6.07) is 5.83. The van der Waals surface area contributed by atoms with Gasteiger partial charge in [-0.1, -0.05) is 22.8 Å². The summed E-state index contributed by atoms with van der Waals surface area (Å²) in [6.07, 6.45) is 2.75. The molecule has 3 rings (SSSR count). The van der Waals surface area contributed by atoms with E-state index in [1.807, 2.05) is 25.1 Å². The number of nitrogens with two attached hydrogens (primary N) is 1. The predicted molar refractivity (Wildman–Crippen MR) is 73.3 cm³/mol. The maximum absolute atomic E-state index is 5.95. The second kappa shape index (κ2) is 4.62. The van der Waals surface area contributed by atoms with E-state index in [0.29, 0.717) is 24.7 Å². The third kappa shape index (κ3) is 2.38. The summed E-state index contributed by atoms with van der Waals surface area (Å²) in [7, 11) is 0. The van der Waals surface area contributed by atoms with Crippen LogP contribution in [-0.2, 0) is 11.8 Å². The summed E-state index contributed by atoms with van der Waals surface area (Å²) in [5.74, 6) is 1.40. The van der Waals surface area contributed by atoms with Crippen molar-refractivity contribution in [3.05, 3.63) is 46.1 Å². The highest BCUT2D eigenvalue weighted by Gasteiger charge is 2.48. The van der Waals surface area contributed by atoms with Crippen LogP contribution in [0.15, 0.2) is 22.7 Å². The van der Waals surface area contributed by atoms with Crippen molar-refractivity contribution in [3.8, 4) is 0 Å². The van der Waals surface area contributed by atoms with Gasteiger partial charge in [0.05, 0.1) is 5.41 Å². The normalized spacial score (nSPS) is 16.6. The number of nitrogens with zero attached hydrogens (tertiary/aromatic N) is 2. The molecule has 100 valence electrons. The van der Waals surface area contributed by atoms with E-state index in [1.54, 1.807) is 0 Å². The van der Waals surface area contributed by atoms with Crippen molar-refractivity contribution in [3.63, 3.8) is 0 Å². The lowest BCUT2D eigenvalue weighted by molar-refractivity contribution is 0.344. The van der Waals surface area contributed by atoms with Gasteiger partial charge >= 0.3 is 0 Å². The van der Waals surface area contributed by atoms with Gasteiger partial charge < -0.3 is 10.3 Å². The predicted octanol–water partition coefficient (Wildman–Crippen LogP) is 2.61. The third-order valence-electron chi connectivity index (χ3n) is 3.82. The lowest BCUT2D eigenvalue weighted by Crippen LogP contribution is -2.20. The topological polar surface area (TPSA) is 64.9 Å². The molecular formula is C14H16ClN3O. The Morgan fingerprint density at radius 3 is 2.84 bits per heavy atom. The first-order valence-electron chi connectivity index (χ1n) is 6.41. The smallest absolute Gasteiger partial charge is 0.234 e. The van der Waals surface area contributed by atoms with Crippen LogP contribution in [-0.4, -0.2) is 16.7 Å². The maximum atomic E-state index is 5.95. The molecule has 1 aromatic heterocycles. The number of rotatable bonds is 4. The van der Waals surface area contributed by atoms with Crippen LogP contribution in [0, 0.1) is 6.92 Å². The molecule has 2 N–H and O–H groups in total. The molecule has 1 fully saturated rings. The summed E-state index contributed by atoms with van der Waals surface area (Å²) < 4.78 is 5.35. The first-order valence-corrected chi connectivity index (χ1v) is 6.79. The van der Waals surface area contributed by atoms with Gasteiger partial charge in [0.25, 0.3) is 0 Å². The Balaban J connectivity index is 1.80. The van der Waals surface area contributed by atoms with Crippen LogP contribution in [0.1, 0.15) is 35.7 Å². The molecule has 0 saturated heterocycles. The van der Waals surface area contributed by atoms with Crippen LogP contribution in [0.2, 0.25) is 5.02 Å². The lowest BCUT2D eigenvalue weighted by atomic mass is 10.1. The van der Waals surface area contributed by atoms with E-state index in [4.69, 9.17) is 21.9 Å². The zero-order valence-electron chi connectivity index (χ0n) is 10.8. The Labute approximate surface area is 117 Å². The molecule has 1 aliphatic carbocycles. The molecule has 1 aliphatic rings. The zero-order chi connectivity index (χ0) is 13.5. The van der Waals surface area contributed by atoms with Crippen LogP contribution in [0.3, 0.4) is 0 Å². The fourth-order valence-electron chi connectivity index (χ4n) is 2.23. The van der Waals surface area contributed by atoms with Crippen molar-refractivity contribution in [1.82, 2.24) is 10.1 Å². The summed E-state index contributed by atoms with van der Waals surface area (Å²) >= 11 is 5.95. The Bertz CT molecular complexity index is 604. The Hall–Kier alpha value is -1.39. The van der Waals surface area contributed by atoms with Crippen LogP contribution >= 0.6 is 11.6 Å². The van der Waals surface area contributed by atoms with Gasteiger partial charge in [0.15, 0.2) is 5.82 Å². The van der Waals surface area contributed by atoms with Gasteiger partial charge in [-0.15, -0.1) is 0 Å². The van der Waals surface area contributed by atoms with E-state index in [2.05, 4.69) is 10.1 Å². The minimum absolute atomic E-state index is 0.0414. The molecule has 4 nitrogen and oxygen atoms in total. The molecule has 0 amide bonds. The van der Waals surface area contributed by atoms with Crippen LogP contribution in [0.5, 0.6) is 0 Å². The minimum atomic E-state index is -0.0414. The number of aromatic nitrogens is 2. The SMILES string of the molecule is Cc1cc(Cl)ccc1Cc1noc(C2(CN)CC2)n1. The molecular weight excluding hydrogens is 262 g/mol. The van der Waals surface area contributed by atoms with Gasteiger partial charge in [0, 0.05) is 18.0 Å². The Morgan fingerprint density at radius 1 is 1.42 bits per heavy atom. The fourth-order valence-corrected chi connectivity index (χ4v) is 2.45. The van der Waals surface area contributed by atoms with E-state index in [9.17, 15) is 0 Å². The minimum Gasteiger partial charge on any atom is -0.339 e. The number of benzene rings is 1. The summed E-state index contributed by atoms with van der Waals surface area (Å²) in [5, 5.41) is 4.80. The van der Waals surface area contributed by atoms with Gasteiger partial charge in [-0.2, -0.15) is 4.98 Å². The average Bonchev–Trinajstić information content (AvgIpc) is 3.06. The molecule has 0 radical (unpaired) electrons. The highest BCUT2D eigenvalue weighted by atomic mass is 35.5. The monoisotopic (exact) mass is 277 g/mol. The van der Waals surface area contributed by atoms with E-state index in [-0.39, 0.29) is 5.41 Å². The molecule has 0 aliphatic heterocycles. The molecule has 1 aromatic carbocycles. The number of aryl methyl sites for hydroxylation is 1. The number of hydrogen-bond donors (Lipinski definition) is 1. The zero-order valence-corrected chi connectivity index (χ0v) is 11.6. The molecule has 2 aromatic rings. The average molecular weight is 278 g/mol.